The summed E-state index contributed by atoms with van der Waals surface area (Å²) in [6, 6.07) is 0. The smallest absolute Gasteiger partial charge is 0.379 e. The van der Waals surface area contributed by atoms with Gasteiger partial charge in [-0.25, -0.2) is 4.79 Å². The number of rotatable bonds is 2. The molecule has 0 aromatic rings. The Bertz CT molecular complexity index is 1020. The quantitative estimate of drug-likeness (QED) is 0.436. The highest BCUT2D eigenvalue weighted by Crippen LogP contribution is 2.67. The van der Waals surface area contributed by atoms with E-state index in [1.54, 1.807) is 0 Å². The molecular weight excluding hydrogens is 436 g/mol. The van der Waals surface area contributed by atoms with Gasteiger partial charge in [0.15, 0.2) is 0 Å². The largest absolute Gasteiger partial charge is 0.463 e. The lowest BCUT2D eigenvalue weighted by molar-refractivity contribution is -0.166. The van der Waals surface area contributed by atoms with Crippen molar-refractivity contribution in [3.8, 4) is 0 Å². The fourth-order valence-electron chi connectivity index (χ4n) is 8.33. The number of allylic oxidation sites excluding steroid dienone is 2. The van der Waals surface area contributed by atoms with Crippen molar-refractivity contribution in [3.63, 3.8) is 0 Å². The third-order valence-corrected chi connectivity index (χ3v) is 9.64. The number of Topliss-reactive ketones (excluding diaryl/α,β-unsaturated/α-hetero) is 1. The molecule has 0 saturated heterocycles. The predicted octanol–water partition coefficient (Wildman–Crippen LogP) is 4.40. The van der Waals surface area contributed by atoms with Crippen LogP contribution in [-0.2, 0) is 33.4 Å². The Kier molecular flexibility index (Phi) is 5.53. The highest BCUT2D eigenvalue weighted by Gasteiger charge is 2.63. The molecule has 0 N–H and O–H groups in total. The van der Waals surface area contributed by atoms with E-state index in [9.17, 15) is 19.2 Å². The highest BCUT2D eigenvalue weighted by atomic mass is 16.6. The normalized spacial score (nSPS) is 43.3. The second-order valence-electron chi connectivity index (χ2n) is 11.5. The van der Waals surface area contributed by atoms with Crippen molar-refractivity contribution in [3.05, 3.63) is 23.2 Å². The van der Waals surface area contributed by atoms with Crippen LogP contribution in [0, 0.1) is 34.5 Å². The summed E-state index contributed by atoms with van der Waals surface area (Å²) in [6.07, 6.45) is 8.31. The van der Waals surface area contributed by atoms with Gasteiger partial charge in [-0.3, -0.25) is 14.4 Å². The standard InChI is InChI=1S/C27H34O7/c1-14(28)32-17-9-10-26(3)16(11-17)5-6-18-19-7-8-20(27(19,4)13-21(30)24(18)26)22-12-23(25(31)34-22)33-15(2)29/h12,16-19,24H,5-11,13H2,1-4H3. The lowest BCUT2D eigenvalue weighted by atomic mass is 9.44. The van der Waals surface area contributed by atoms with Crippen LogP contribution in [-0.4, -0.2) is 29.8 Å². The Hall–Kier alpha value is -2.44. The lowest BCUT2D eigenvalue weighted by Crippen LogP contribution is -2.57. The fourth-order valence-corrected chi connectivity index (χ4v) is 8.33. The number of ether oxygens (including phenoxy) is 3. The van der Waals surface area contributed by atoms with E-state index < -0.39 is 11.9 Å². The summed E-state index contributed by atoms with van der Waals surface area (Å²) in [5, 5.41) is 0. The zero-order chi connectivity index (χ0) is 24.4. The van der Waals surface area contributed by atoms with Crippen LogP contribution in [0.3, 0.4) is 0 Å². The molecule has 4 fully saturated rings. The Morgan fingerprint density at radius 3 is 2.53 bits per heavy atom. The molecule has 0 spiro atoms. The number of cyclic esters (lactones) is 1. The van der Waals surface area contributed by atoms with E-state index >= 15 is 0 Å². The molecule has 0 aromatic carbocycles. The third kappa shape index (κ3) is 3.54. The van der Waals surface area contributed by atoms with Crippen molar-refractivity contribution in [2.45, 2.75) is 85.2 Å². The predicted molar refractivity (Wildman–Crippen MR) is 121 cm³/mol. The summed E-state index contributed by atoms with van der Waals surface area (Å²) in [6.45, 7) is 7.16. The maximum atomic E-state index is 13.8. The molecular formula is C27H34O7. The van der Waals surface area contributed by atoms with Crippen molar-refractivity contribution >= 4 is 23.7 Å². The van der Waals surface area contributed by atoms with E-state index in [4.69, 9.17) is 14.2 Å². The zero-order valence-corrected chi connectivity index (χ0v) is 20.5. The Morgan fingerprint density at radius 2 is 1.82 bits per heavy atom. The monoisotopic (exact) mass is 470 g/mol. The molecule has 0 bridgehead atoms. The molecule has 7 unspecified atom stereocenters. The number of carbonyl (C=O) groups excluding carboxylic acids is 4. The molecule has 7 atom stereocenters. The van der Waals surface area contributed by atoms with Crippen LogP contribution >= 0.6 is 0 Å². The molecule has 7 nitrogen and oxygen atoms in total. The minimum atomic E-state index is -0.651. The van der Waals surface area contributed by atoms with E-state index in [2.05, 4.69) is 13.8 Å². The van der Waals surface area contributed by atoms with Gasteiger partial charge >= 0.3 is 17.9 Å². The second-order valence-corrected chi connectivity index (χ2v) is 11.5. The average Bonchev–Trinajstić information content (AvgIpc) is 3.26. The van der Waals surface area contributed by atoms with Crippen LogP contribution in [0.25, 0.3) is 0 Å². The summed E-state index contributed by atoms with van der Waals surface area (Å²) in [5.41, 5.74) is 0.593. The first-order valence-electron chi connectivity index (χ1n) is 12.6. The summed E-state index contributed by atoms with van der Waals surface area (Å²) >= 11 is 0. The second kappa shape index (κ2) is 8.06. The SMILES string of the molecule is CC(=O)OC1=CC(=C2CCC3C4CCC5CC(OC(C)=O)CCC5(C)C4C(=O)CC23C)OC1=O. The Labute approximate surface area is 200 Å². The molecule has 0 radical (unpaired) electrons. The van der Waals surface area contributed by atoms with Gasteiger partial charge in [0.25, 0.3) is 0 Å². The van der Waals surface area contributed by atoms with Gasteiger partial charge in [-0.05, 0) is 73.7 Å². The van der Waals surface area contributed by atoms with Crippen molar-refractivity contribution < 1.29 is 33.4 Å². The molecule has 1 heterocycles. The number of ketones is 1. The molecule has 0 amide bonds. The number of carbonyl (C=O) groups is 4. The third-order valence-electron chi connectivity index (χ3n) is 9.64. The minimum Gasteiger partial charge on any atom is -0.463 e. The molecule has 5 aliphatic rings. The van der Waals surface area contributed by atoms with Gasteiger partial charge in [0.05, 0.1) is 0 Å². The number of esters is 3. The van der Waals surface area contributed by atoms with Crippen LogP contribution in [0.15, 0.2) is 23.2 Å². The number of fused-ring (bicyclic) bond motifs is 5. The maximum Gasteiger partial charge on any atom is 0.379 e. The van der Waals surface area contributed by atoms with Crippen LogP contribution in [0.1, 0.15) is 79.1 Å². The van der Waals surface area contributed by atoms with Crippen LogP contribution in [0.5, 0.6) is 0 Å². The molecule has 1 aliphatic heterocycles. The zero-order valence-electron chi connectivity index (χ0n) is 20.5. The summed E-state index contributed by atoms with van der Waals surface area (Å²) < 4.78 is 16.1. The summed E-state index contributed by atoms with van der Waals surface area (Å²) in [7, 11) is 0. The van der Waals surface area contributed by atoms with Gasteiger partial charge in [0.1, 0.15) is 17.6 Å². The number of hydrogen-bond acceptors (Lipinski definition) is 7. The first-order valence-corrected chi connectivity index (χ1v) is 12.6. The number of hydrogen-bond donors (Lipinski definition) is 0. The first-order chi connectivity index (χ1) is 16.0. The van der Waals surface area contributed by atoms with Crippen LogP contribution < -0.4 is 0 Å². The fraction of sp³-hybridized carbons (Fsp3) is 0.704. The molecule has 0 aromatic heterocycles. The average molecular weight is 471 g/mol. The van der Waals surface area contributed by atoms with Gasteiger partial charge in [-0.1, -0.05) is 13.8 Å². The van der Waals surface area contributed by atoms with Gasteiger partial charge in [0.2, 0.25) is 5.76 Å². The Morgan fingerprint density at radius 1 is 1.06 bits per heavy atom. The van der Waals surface area contributed by atoms with Crippen LogP contribution in [0.4, 0.5) is 0 Å². The van der Waals surface area contributed by atoms with Gasteiger partial charge < -0.3 is 14.2 Å². The highest BCUT2D eigenvalue weighted by molar-refractivity contribution is 5.93. The van der Waals surface area contributed by atoms with E-state index in [0.717, 1.165) is 50.5 Å². The Balaban J connectivity index is 1.42. The van der Waals surface area contributed by atoms with Crippen molar-refractivity contribution in [2.24, 2.45) is 34.5 Å². The molecule has 4 aliphatic carbocycles. The van der Waals surface area contributed by atoms with Gasteiger partial charge in [0, 0.05) is 37.7 Å². The topological polar surface area (TPSA) is 96.0 Å². The van der Waals surface area contributed by atoms with Crippen molar-refractivity contribution in [1.29, 1.82) is 0 Å². The van der Waals surface area contributed by atoms with Crippen molar-refractivity contribution in [2.75, 3.05) is 0 Å². The molecule has 5 rings (SSSR count). The minimum absolute atomic E-state index is 0.0326. The van der Waals surface area contributed by atoms with Gasteiger partial charge in [-0.15, -0.1) is 0 Å². The maximum absolute atomic E-state index is 13.8. The first kappa shape index (κ1) is 23.3. The molecule has 4 saturated carbocycles. The van der Waals surface area contributed by atoms with E-state index in [0.29, 0.717) is 35.7 Å². The molecule has 184 valence electrons. The summed E-state index contributed by atoms with van der Waals surface area (Å²) in [5.74, 6) is 0.341. The van der Waals surface area contributed by atoms with E-state index in [1.807, 2.05) is 0 Å². The van der Waals surface area contributed by atoms with Gasteiger partial charge in [-0.2, -0.15) is 0 Å². The van der Waals surface area contributed by atoms with Crippen LogP contribution in [0.2, 0.25) is 0 Å². The summed E-state index contributed by atoms with van der Waals surface area (Å²) in [4.78, 5) is 48.9. The van der Waals surface area contributed by atoms with E-state index in [-0.39, 0.29) is 34.6 Å². The lowest BCUT2D eigenvalue weighted by Gasteiger charge is -2.59. The molecule has 34 heavy (non-hydrogen) atoms. The van der Waals surface area contributed by atoms with Crippen molar-refractivity contribution in [1.82, 2.24) is 0 Å². The van der Waals surface area contributed by atoms with E-state index in [1.165, 1.54) is 19.9 Å². The molecule has 7 heteroatoms.